The summed E-state index contributed by atoms with van der Waals surface area (Å²) in [4.78, 5) is 11.2. The van der Waals surface area contributed by atoms with Gasteiger partial charge in [0.2, 0.25) is 5.76 Å². The lowest BCUT2D eigenvalue weighted by atomic mass is 9.92. The van der Waals surface area contributed by atoms with Crippen LogP contribution in [0.4, 0.5) is 0 Å². The summed E-state index contributed by atoms with van der Waals surface area (Å²) in [5.41, 5.74) is 0. The van der Waals surface area contributed by atoms with Crippen LogP contribution in [0.15, 0.2) is 16.5 Å². The molecule has 0 spiro atoms. The molecule has 1 heterocycles. The first-order valence-electron chi connectivity index (χ1n) is 5.65. The number of carbonyl (C=O) groups excluding carboxylic acids is 1. The highest BCUT2D eigenvalue weighted by molar-refractivity contribution is 5.86. The van der Waals surface area contributed by atoms with Crippen LogP contribution in [0.5, 0.6) is 0 Å². The van der Waals surface area contributed by atoms with E-state index in [0.29, 0.717) is 6.04 Å². The van der Waals surface area contributed by atoms with Gasteiger partial charge in [0.05, 0.1) is 13.2 Å². The number of esters is 1. The standard InChI is InChI=1S/C12H17NO3/c1-8(13-9-4-3-5-9)10-6-7-11(16-10)12(14)15-2/h6-9,13H,3-5H2,1-2H3. The molecule has 1 atom stereocenters. The zero-order chi connectivity index (χ0) is 11.5. The number of hydrogen-bond donors (Lipinski definition) is 1. The molecule has 16 heavy (non-hydrogen) atoms. The minimum Gasteiger partial charge on any atom is -0.463 e. The summed E-state index contributed by atoms with van der Waals surface area (Å²) in [7, 11) is 1.35. The third-order valence-corrected chi connectivity index (χ3v) is 3.03. The van der Waals surface area contributed by atoms with E-state index < -0.39 is 5.97 Å². The van der Waals surface area contributed by atoms with E-state index in [9.17, 15) is 4.79 Å². The number of methoxy groups -OCH3 is 1. The van der Waals surface area contributed by atoms with Gasteiger partial charge in [-0.15, -0.1) is 0 Å². The molecule has 4 heteroatoms. The van der Waals surface area contributed by atoms with Crippen molar-refractivity contribution in [3.63, 3.8) is 0 Å². The van der Waals surface area contributed by atoms with Crippen LogP contribution in [0.25, 0.3) is 0 Å². The van der Waals surface area contributed by atoms with Gasteiger partial charge in [0.15, 0.2) is 0 Å². The lowest BCUT2D eigenvalue weighted by Crippen LogP contribution is -2.36. The monoisotopic (exact) mass is 223 g/mol. The van der Waals surface area contributed by atoms with Crippen molar-refractivity contribution in [2.75, 3.05) is 7.11 Å². The van der Waals surface area contributed by atoms with Gasteiger partial charge in [-0.3, -0.25) is 0 Å². The Labute approximate surface area is 95.0 Å². The zero-order valence-corrected chi connectivity index (χ0v) is 9.66. The third-order valence-electron chi connectivity index (χ3n) is 3.03. The summed E-state index contributed by atoms with van der Waals surface area (Å²) in [5, 5.41) is 3.46. The number of rotatable bonds is 4. The molecule has 1 fully saturated rings. The Morgan fingerprint density at radius 2 is 2.31 bits per heavy atom. The molecule has 1 unspecified atom stereocenters. The average Bonchev–Trinajstić information content (AvgIpc) is 2.71. The second-order valence-electron chi connectivity index (χ2n) is 4.21. The van der Waals surface area contributed by atoms with Crippen molar-refractivity contribution in [2.24, 2.45) is 0 Å². The highest BCUT2D eigenvalue weighted by Gasteiger charge is 2.22. The maximum absolute atomic E-state index is 11.2. The molecule has 1 aliphatic rings. The molecule has 1 saturated carbocycles. The minimum atomic E-state index is -0.429. The molecule has 1 aliphatic carbocycles. The molecule has 0 saturated heterocycles. The Morgan fingerprint density at radius 3 is 2.88 bits per heavy atom. The van der Waals surface area contributed by atoms with Gasteiger partial charge in [0.1, 0.15) is 5.76 Å². The molecule has 1 aromatic rings. The first-order chi connectivity index (χ1) is 7.70. The molecule has 0 aliphatic heterocycles. The predicted molar refractivity (Wildman–Crippen MR) is 59.2 cm³/mol. The molecule has 1 N–H and O–H groups in total. The van der Waals surface area contributed by atoms with Crippen LogP contribution in [0.1, 0.15) is 48.5 Å². The van der Waals surface area contributed by atoms with E-state index in [-0.39, 0.29) is 11.8 Å². The van der Waals surface area contributed by atoms with Crippen LogP contribution in [-0.4, -0.2) is 19.1 Å². The number of carbonyl (C=O) groups is 1. The highest BCUT2D eigenvalue weighted by atomic mass is 16.5. The summed E-state index contributed by atoms with van der Waals surface area (Å²) in [6.45, 7) is 2.04. The van der Waals surface area contributed by atoms with Crippen molar-refractivity contribution in [1.29, 1.82) is 0 Å². The van der Waals surface area contributed by atoms with Gasteiger partial charge in [0.25, 0.3) is 0 Å². The molecule has 2 rings (SSSR count). The fraction of sp³-hybridized carbons (Fsp3) is 0.583. The van der Waals surface area contributed by atoms with Crippen LogP contribution in [0.2, 0.25) is 0 Å². The normalized spacial score (nSPS) is 17.9. The predicted octanol–water partition coefficient (Wildman–Crippen LogP) is 2.27. The molecule has 0 amide bonds. The van der Waals surface area contributed by atoms with E-state index in [2.05, 4.69) is 10.1 Å². The lowest BCUT2D eigenvalue weighted by molar-refractivity contribution is 0.0562. The summed E-state index contributed by atoms with van der Waals surface area (Å²) in [5.74, 6) is 0.620. The summed E-state index contributed by atoms with van der Waals surface area (Å²) >= 11 is 0. The van der Waals surface area contributed by atoms with Crippen LogP contribution in [0, 0.1) is 0 Å². The highest BCUT2D eigenvalue weighted by Crippen LogP contribution is 2.23. The molecule has 4 nitrogen and oxygen atoms in total. The lowest BCUT2D eigenvalue weighted by Gasteiger charge is -2.29. The number of nitrogens with one attached hydrogen (secondary N) is 1. The molecule has 0 radical (unpaired) electrons. The van der Waals surface area contributed by atoms with E-state index in [1.807, 2.05) is 13.0 Å². The largest absolute Gasteiger partial charge is 0.463 e. The first-order valence-corrected chi connectivity index (χ1v) is 5.65. The molecular weight excluding hydrogens is 206 g/mol. The van der Waals surface area contributed by atoms with E-state index in [0.717, 1.165) is 5.76 Å². The zero-order valence-electron chi connectivity index (χ0n) is 9.66. The van der Waals surface area contributed by atoms with Crippen LogP contribution >= 0.6 is 0 Å². The number of ether oxygens (including phenoxy) is 1. The van der Waals surface area contributed by atoms with Crippen molar-refractivity contribution in [1.82, 2.24) is 5.32 Å². The smallest absolute Gasteiger partial charge is 0.373 e. The second-order valence-corrected chi connectivity index (χ2v) is 4.21. The number of furan rings is 1. The maximum atomic E-state index is 11.2. The molecule has 0 aromatic carbocycles. The van der Waals surface area contributed by atoms with Gasteiger partial charge in [-0.1, -0.05) is 6.42 Å². The molecule has 0 bridgehead atoms. The summed E-state index contributed by atoms with van der Waals surface area (Å²) in [6.07, 6.45) is 3.76. The maximum Gasteiger partial charge on any atom is 0.373 e. The second kappa shape index (κ2) is 4.70. The Balaban J connectivity index is 1.97. The van der Waals surface area contributed by atoms with E-state index >= 15 is 0 Å². The van der Waals surface area contributed by atoms with Crippen LogP contribution < -0.4 is 5.32 Å². The topological polar surface area (TPSA) is 51.5 Å². The summed E-state index contributed by atoms with van der Waals surface area (Å²) < 4.78 is 10.0. The Hall–Kier alpha value is -1.29. The van der Waals surface area contributed by atoms with Crippen molar-refractivity contribution in [3.8, 4) is 0 Å². The fourth-order valence-corrected chi connectivity index (χ4v) is 1.81. The van der Waals surface area contributed by atoms with E-state index in [4.69, 9.17) is 4.42 Å². The quantitative estimate of drug-likeness (QED) is 0.795. The summed E-state index contributed by atoms with van der Waals surface area (Å²) in [6, 6.07) is 4.22. The fourth-order valence-electron chi connectivity index (χ4n) is 1.81. The Bertz CT molecular complexity index is 368. The minimum absolute atomic E-state index is 0.142. The van der Waals surface area contributed by atoms with E-state index in [1.165, 1.54) is 26.4 Å². The molecule has 88 valence electrons. The van der Waals surface area contributed by atoms with Gasteiger partial charge in [-0.25, -0.2) is 4.79 Å². The third kappa shape index (κ3) is 2.27. The first kappa shape index (κ1) is 11.2. The average molecular weight is 223 g/mol. The van der Waals surface area contributed by atoms with E-state index in [1.54, 1.807) is 6.07 Å². The van der Waals surface area contributed by atoms with Crippen LogP contribution in [-0.2, 0) is 4.74 Å². The van der Waals surface area contributed by atoms with Crippen molar-refractivity contribution < 1.29 is 13.9 Å². The van der Waals surface area contributed by atoms with Gasteiger partial charge >= 0.3 is 5.97 Å². The van der Waals surface area contributed by atoms with Gasteiger partial charge < -0.3 is 14.5 Å². The van der Waals surface area contributed by atoms with Gasteiger partial charge in [0, 0.05) is 6.04 Å². The van der Waals surface area contributed by atoms with Crippen molar-refractivity contribution in [3.05, 3.63) is 23.7 Å². The Morgan fingerprint density at radius 1 is 1.56 bits per heavy atom. The van der Waals surface area contributed by atoms with Crippen molar-refractivity contribution in [2.45, 2.75) is 38.3 Å². The van der Waals surface area contributed by atoms with Crippen LogP contribution in [0.3, 0.4) is 0 Å². The van der Waals surface area contributed by atoms with Gasteiger partial charge in [-0.05, 0) is 31.9 Å². The number of hydrogen-bond acceptors (Lipinski definition) is 4. The Kier molecular flexibility index (Phi) is 3.29. The SMILES string of the molecule is COC(=O)c1ccc(C(C)NC2CCC2)o1. The van der Waals surface area contributed by atoms with Gasteiger partial charge in [-0.2, -0.15) is 0 Å². The molecule has 1 aromatic heterocycles. The van der Waals surface area contributed by atoms with Crippen molar-refractivity contribution >= 4 is 5.97 Å². The molecular formula is C12H17NO3.